The molecule has 1 rings (SSSR count). The first kappa shape index (κ1) is 11.2. The first-order valence-electron chi connectivity index (χ1n) is 5.07. The molecule has 0 radical (unpaired) electrons. The van der Waals surface area contributed by atoms with E-state index >= 15 is 0 Å². The van der Waals surface area contributed by atoms with Gasteiger partial charge in [-0.05, 0) is 50.8 Å². The van der Waals surface area contributed by atoms with Gasteiger partial charge in [-0.1, -0.05) is 17.7 Å². The second kappa shape index (κ2) is 4.58. The summed E-state index contributed by atoms with van der Waals surface area (Å²) in [5, 5.41) is 0. The molecule has 0 aliphatic heterocycles. The lowest BCUT2D eigenvalue weighted by atomic mass is 9.95. The monoisotopic (exact) mass is 192 g/mol. The summed E-state index contributed by atoms with van der Waals surface area (Å²) >= 11 is 0. The maximum absolute atomic E-state index is 5.40. The van der Waals surface area contributed by atoms with E-state index in [1.54, 1.807) is 0 Å². The highest BCUT2D eigenvalue weighted by atomic mass is 15.2. The molecule has 0 aliphatic carbocycles. The van der Waals surface area contributed by atoms with Gasteiger partial charge in [-0.15, -0.1) is 0 Å². The molecule has 3 N–H and O–H groups in total. The Balaban J connectivity index is 2.96. The quantitative estimate of drug-likeness (QED) is 0.568. The standard InChI is InChI=1S/C12H20N2/c1-8-5-9(2)12(10(3)6-8)7-11(4)14-13/h5-6,11,14H,7,13H2,1-4H3. The van der Waals surface area contributed by atoms with Crippen molar-refractivity contribution in [3.05, 3.63) is 34.4 Å². The fourth-order valence-electron chi connectivity index (χ4n) is 1.90. The average Bonchev–Trinajstić information content (AvgIpc) is 2.10. The molecular weight excluding hydrogens is 172 g/mol. The molecule has 0 aliphatic rings. The van der Waals surface area contributed by atoms with Crippen LogP contribution in [0.3, 0.4) is 0 Å². The van der Waals surface area contributed by atoms with Gasteiger partial charge in [-0.3, -0.25) is 11.3 Å². The molecule has 0 saturated heterocycles. The highest BCUT2D eigenvalue weighted by Gasteiger charge is 2.07. The molecule has 0 spiro atoms. The molecule has 0 heterocycles. The molecule has 0 aromatic heterocycles. The lowest BCUT2D eigenvalue weighted by Gasteiger charge is -2.15. The van der Waals surface area contributed by atoms with E-state index in [1.165, 1.54) is 22.3 Å². The zero-order valence-corrected chi connectivity index (χ0v) is 9.52. The summed E-state index contributed by atoms with van der Waals surface area (Å²) in [6.45, 7) is 8.56. The summed E-state index contributed by atoms with van der Waals surface area (Å²) in [7, 11) is 0. The number of rotatable bonds is 3. The number of nitrogens with two attached hydrogens (primary N) is 1. The third kappa shape index (κ3) is 2.56. The van der Waals surface area contributed by atoms with E-state index in [1.807, 2.05) is 0 Å². The number of hydrogen-bond donors (Lipinski definition) is 2. The summed E-state index contributed by atoms with van der Waals surface area (Å²) in [5.74, 6) is 5.40. The molecule has 1 aromatic rings. The molecule has 0 fully saturated rings. The Morgan fingerprint density at radius 3 is 2.14 bits per heavy atom. The lowest BCUT2D eigenvalue weighted by molar-refractivity contribution is 0.565. The first-order chi connectivity index (χ1) is 6.54. The van der Waals surface area contributed by atoms with Crippen LogP contribution in [0.5, 0.6) is 0 Å². The SMILES string of the molecule is Cc1cc(C)c(CC(C)NN)c(C)c1. The van der Waals surface area contributed by atoms with Crippen molar-refractivity contribution in [2.75, 3.05) is 0 Å². The molecular formula is C12H20N2. The van der Waals surface area contributed by atoms with Gasteiger partial charge in [0.2, 0.25) is 0 Å². The zero-order chi connectivity index (χ0) is 10.7. The van der Waals surface area contributed by atoms with Crippen molar-refractivity contribution in [1.82, 2.24) is 5.43 Å². The van der Waals surface area contributed by atoms with Gasteiger partial charge in [0.25, 0.3) is 0 Å². The van der Waals surface area contributed by atoms with Crippen LogP contribution >= 0.6 is 0 Å². The van der Waals surface area contributed by atoms with Crippen molar-refractivity contribution in [1.29, 1.82) is 0 Å². The predicted molar refractivity (Wildman–Crippen MR) is 61.1 cm³/mol. The number of hydrogen-bond acceptors (Lipinski definition) is 2. The van der Waals surface area contributed by atoms with E-state index in [0.29, 0.717) is 6.04 Å². The zero-order valence-electron chi connectivity index (χ0n) is 9.52. The van der Waals surface area contributed by atoms with Crippen LogP contribution in [0, 0.1) is 20.8 Å². The van der Waals surface area contributed by atoms with Gasteiger partial charge >= 0.3 is 0 Å². The van der Waals surface area contributed by atoms with Crippen molar-refractivity contribution < 1.29 is 0 Å². The summed E-state index contributed by atoms with van der Waals surface area (Å²) in [6.07, 6.45) is 0.994. The van der Waals surface area contributed by atoms with Crippen LogP contribution in [0.15, 0.2) is 12.1 Å². The smallest absolute Gasteiger partial charge is 0.0222 e. The third-order valence-corrected chi connectivity index (χ3v) is 2.64. The van der Waals surface area contributed by atoms with Crippen molar-refractivity contribution in [3.63, 3.8) is 0 Å². The van der Waals surface area contributed by atoms with Crippen LogP contribution in [0.25, 0.3) is 0 Å². The van der Waals surface area contributed by atoms with Gasteiger partial charge in [-0.25, -0.2) is 0 Å². The number of aryl methyl sites for hydroxylation is 3. The molecule has 1 atom stereocenters. The van der Waals surface area contributed by atoms with E-state index in [0.717, 1.165) is 6.42 Å². The van der Waals surface area contributed by atoms with Crippen LogP contribution in [0.2, 0.25) is 0 Å². The predicted octanol–water partition coefficient (Wildman–Crippen LogP) is 2.01. The fraction of sp³-hybridized carbons (Fsp3) is 0.500. The molecule has 2 heteroatoms. The second-order valence-electron chi connectivity index (χ2n) is 4.15. The Kier molecular flexibility index (Phi) is 3.67. The maximum atomic E-state index is 5.40. The Morgan fingerprint density at radius 1 is 1.21 bits per heavy atom. The largest absolute Gasteiger partial charge is 0.271 e. The highest BCUT2D eigenvalue weighted by molar-refractivity contribution is 5.37. The van der Waals surface area contributed by atoms with Crippen molar-refractivity contribution in [3.8, 4) is 0 Å². The van der Waals surface area contributed by atoms with Crippen LogP contribution in [0.4, 0.5) is 0 Å². The topological polar surface area (TPSA) is 38.0 Å². The highest BCUT2D eigenvalue weighted by Crippen LogP contribution is 2.17. The van der Waals surface area contributed by atoms with E-state index in [-0.39, 0.29) is 0 Å². The number of nitrogens with one attached hydrogen (secondary N) is 1. The Hall–Kier alpha value is -0.860. The first-order valence-corrected chi connectivity index (χ1v) is 5.07. The molecule has 78 valence electrons. The molecule has 0 bridgehead atoms. The summed E-state index contributed by atoms with van der Waals surface area (Å²) in [4.78, 5) is 0. The van der Waals surface area contributed by atoms with Gasteiger partial charge in [0.15, 0.2) is 0 Å². The molecule has 1 aromatic carbocycles. The summed E-state index contributed by atoms with van der Waals surface area (Å²) in [6, 6.07) is 4.78. The van der Waals surface area contributed by atoms with Gasteiger partial charge < -0.3 is 0 Å². The van der Waals surface area contributed by atoms with Crippen molar-refractivity contribution >= 4 is 0 Å². The lowest BCUT2D eigenvalue weighted by Crippen LogP contribution is -2.34. The Labute approximate surface area is 86.5 Å². The van der Waals surface area contributed by atoms with E-state index < -0.39 is 0 Å². The molecule has 2 nitrogen and oxygen atoms in total. The third-order valence-electron chi connectivity index (χ3n) is 2.64. The number of benzene rings is 1. The van der Waals surface area contributed by atoms with Crippen molar-refractivity contribution in [2.24, 2.45) is 5.84 Å². The average molecular weight is 192 g/mol. The molecule has 0 amide bonds. The fourth-order valence-corrected chi connectivity index (χ4v) is 1.90. The van der Waals surface area contributed by atoms with Crippen LogP contribution in [0.1, 0.15) is 29.2 Å². The number of hydrazine groups is 1. The van der Waals surface area contributed by atoms with Crippen LogP contribution in [-0.2, 0) is 6.42 Å². The van der Waals surface area contributed by atoms with E-state index in [9.17, 15) is 0 Å². The molecule has 0 saturated carbocycles. The summed E-state index contributed by atoms with van der Waals surface area (Å²) < 4.78 is 0. The van der Waals surface area contributed by atoms with Gasteiger partial charge in [0.05, 0.1) is 0 Å². The van der Waals surface area contributed by atoms with E-state index in [4.69, 9.17) is 5.84 Å². The van der Waals surface area contributed by atoms with Gasteiger partial charge in [-0.2, -0.15) is 0 Å². The summed E-state index contributed by atoms with van der Waals surface area (Å²) in [5.41, 5.74) is 8.26. The minimum Gasteiger partial charge on any atom is -0.271 e. The van der Waals surface area contributed by atoms with E-state index in [2.05, 4.69) is 45.3 Å². The Morgan fingerprint density at radius 2 is 1.71 bits per heavy atom. The minimum atomic E-state index is 0.329. The van der Waals surface area contributed by atoms with Gasteiger partial charge in [0, 0.05) is 6.04 Å². The second-order valence-corrected chi connectivity index (χ2v) is 4.15. The van der Waals surface area contributed by atoms with Crippen LogP contribution < -0.4 is 11.3 Å². The van der Waals surface area contributed by atoms with Crippen molar-refractivity contribution in [2.45, 2.75) is 40.2 Å². The van der Waals surface area contributed by atoms with Crippen LogP contribution in [-0.4, -0.2) is 6.04 Å². The normalized spacial score (nSPS) is 12.9. The Bertz CT molecular complexity index is 295. The molecule has 14 heavy (non-hydrogen) atoms. The maximum Gasteiger partial charge on any atom is 0.0222 e. The van der Waals surface area contributed by atoms with Gasteiger partial charge in [0.1, 0.15) is 0 Å². The molecule has 1 unspecified atom stereocenters. The minimum absolute atomic E-state index is 0.329.